The van der Waals surface area contributed by atoms with Crippen LogP contribution in [0.15, 0.2) is 24.4 Å². The van der Waals surface area contributed by atoms with Crippen LogP contribution in [0, 0.1) is 13.8 Å². The van der Waals surface area contributed by atoms with Crippen molar-refractivity contribution in [3.05, 3.63) is 35.8 Å². The van der Waals surface area contributed by atoms with Crippen molar-refractivity contribution in [2.45, 2.75) is 13.8 Å². The largest absolute Gasteiger partial charge is 0.369 e. The normalized spacial score (nSPS) is 15.8. The first-order valence-electron chi connectivity index (χ1n) is 7.79. The summed E-state index contributed by atoms with van der Waals surface area (Å²) in [5.74, 6) is 0.556. The van der Waals surface area contributed by atoms with Gasteiger partial charge in [0.1, 0.15) is 0 Å². The van der Waals surface area contributed by atoms with Gasteiger partial charge in [0.25, 0.3) is 0 Å². The Morgan fingerprint density at radius 1 is 1.22 bits per heavy atom. The maximum Gasteiger partial charge on any atom is 0.231 e. The molecule has 122 valence electrons. The lowest BCUT2D eigenvalue weighted by molar-refractivity contribution is -0.119. The lowest BCUT2D eigenvalue weighted by atomic mass is 10.2. The first-order valence-corrected chi connectivity index (χ1v) is 7.79. The van der Waals surface area contributed by atoms with Crippen LogP contribution in [0.2, 0.25) is 0 Å². The Hall–Kier alpha value is -2.41. The van der Waals surface area contributed by atoms with E-state index in [2.05, 4.69) is 26.8 Å². The lowest BCUT2D eigenvalue weighted by Crippen LogP contribution is -2.49. The number of rotatable bonds is 4. The van der Waals surface area contributed by atoms with E-state index in [-0.39, 0.29) is 5.91 Å². The number of amides is 1. The minimum absolute atomic E-state index is 0.270. The maximum absolute atomic E-state index is 11.0. The van der Waals surface area contributed by atoms with Crippen LogP contribution in [0.3, 0.4) is 0 Å². The summed E-state index contributed by atoms with van der Waals surface area (Å²) in [5.41, 5.74) is 8.52. The molecule has 0 radical (unpaired) electrons. The second kappa shape index (κ2) is 6.37. The minimum atomic E-state index is -0.270. The van der Waals surface area contributed by atoms with Gasteiger partial charge < -0.3 is 10.6 Å². The number of carbonyl (C=O) groups is 1. The van der Waals surface area contributed by atoms with Crippen LogP contribution in [-0.4, -0.2) is 58.3 Å². The maximum atomic E-state index is 11.0. The van der Waals surface area contributed by atoms with E-state index >= 15 is 0 Å². The van der Waals surface area contributed by atoms with E-state index in [1.165, 1.54) is 0 Å². The van der Waals surface area contributed by atoms with Gasteiger partial charge in [0, 0.05) is 32.4 Å². The number of hydrogen-bond donors (Lipinski definition) is 1. The molecule has 0 aliphatic carbocycles. The summed E-state index contributed by atoms with van der Waals surface area (Å²) in [6.45, 7) is 7.81. The van der Waals surface area contributed by atoms with E-state index < -0.39 is 0 Å². The topological polar surface area (TPSA) is 80.3 Å². The highest BCUT2D eigenvalue weighted by Gasteiger charge is 2.23. The number of hydrogen-bond acceptors (Lipinski definition) is 5. The molecule has 3 heterocycles. The molecule has 1 aliphatic rings. The Labute approximate surface area is 135 Å². The van der Waals surface area contributed by atoms with Crippen LogP contribution in [-0.2, 0) is 4.79 Å². The van der Waals surface area contributed by atoms with E-state index in [4.69, 9.17) is 5.73 Å². The Morgan fingerprint density at radius 2 is 1.96 bits per heavy atom. The Bertz CT molecular complexity index is 688. The zero-order valence-corrected chi connectivity index (χ0v) is 13.6. The molecule has 23 heavy (non-hydrogen) atoms. The van der Waals surface area contributed by atoms with E-state index in [0.717, 1.165) is 49.1 Å². The molecule has 0 aromatic carbocycles. The smallest absolute Gasteiger partial charge is 0.231 e. The fraction of sp³-hybridized carbons (Fsp3) is 0.438. The van der Waals surface area contributed by atoms with Crippen LogP contribution in [0.25, 0.3) is 5.82 Å². The predicted molar refractivity (Wildman–Crippen MR) is 88.7 cm³/mol. The van der Waals surface area contributed by atoms with Gasteiger partial charge in [-0.1, -0.05) is 6.07 Å². The van der Waals surface area contributed by atoms with E-state index in [9.17, 15) is 4.79 Å². The Kier molecular flexibility index (Phi) is 4.29. The van der Waals surface area contributed by atoms with Crippen LogP contribution in [0.4, 0.5) is 5.69 Å². The fourth-order valence-corrected chi connectivity index (χ4v) is 3.14. The summed E-state index contributed by atoms with van der Waals surface area (Å²) in [6.07, 6.45) is 1.77. The zero-order valence-electron chi connectivity index (χ0n) is 13.6. The number of anilines is 1. The van der Waals surface area contributed by atoms with E-state index in [0.29, 0.717) is 6.54 Å². The van der Waals surface area contributed by atoms with Crippen molar-refractivity contribution in [2.75, 3.05) is 37.6 Å². The van der Waals surface area contributed by atoms with Crippen LogP contribution >= 0.6 is 0 Å². The molecule has 1 fully saturated rings. The second-order valence-corrected chi connectivity index (χ2v) is 5.85. The van der Waals surface area contributed by atoms with Gasteiger partial charge in [-0.2, -0.15) is 5.10 Å². The molecule has 2 N–H and O–H groups in total. The van der Waals surface area contributed by atoms with Gasteiger partial charge in [-0.05, 0) is 26.0 Å². The van der Waals surface area contributed by atoms with Crippen molar-refractivity contribution in [2.24, 2.45) is 5.73 Å². The van der Waals surface area contributed by atoms with Gasteiger partial charge in [-0.25, -0.2) is 9.67 Å². The van der Waals surface area contributed by atoms with Crippen molar-refractivity contribution in [1.29, 1.82) is 0 Å². The highest BCUT2D eigenvalue weighted by atomic mass is 16.1. The molecule has 0 spiro atoms. The molecule has 2 aromatic heterocycles. The molecule has 1 saturated heterocycles. The second-order valence-electron chi connectivity index (χ2n) is 5.85. The van der Waals surface area contributed by atoms with Gasteiger partial charge in [0.15, 0.2) is 5.82 Å². The summed E-state index contributed by atoms with van der Waals surface area (Å²) in [5, 5.41) is 4.65. The van der Waals surface area contributed by atoms with Crippen molar-refractivity contribution in [3.8, 4) is 5.82 Å². The third-order valence-corrected chi connectivity index (χ3v) is 4.19. The Morgan fingerprint density at radius 3 is 2.57 bits per heavy atom. The molecular weight excluding hydrogens is 292 g/mol. The SMILES string of the molecule is Cc1nn(-c2ccccn2)c(C)c1N1CCN(CC(N)=O)CC1. The number of carbonyl (C=O) groups excluding carboxylic acids is 1. The molecule has 1 amide bonds. The number of aryl methyl sites for hydroxylation is 1. The lowest BCUT2D eigenvalue weighted by Gasteiger charge is -2.35. The average molecular weight is 314 g/mol. The molecule has 2 aromatic rings. The molecule has 0 atom stereocenters. The van der Waals surface area contributed by atoms with Crippen molar-refractivity contribution >= 4 is 11.6 Å². The average Bonchev–Trinajstić information content (AvgIpc) is 2.83. The van der Waals surface area contributed by atoms with Crippen LogP contribution in [0.5, 0.6) is 0 Å². The third kappa shape index (κ3) is 3.19. The van der Waals surface area contributed by atoms with Gasteiger partial charge in [-0.3, -0.25) is 9.69 Å². The fourth-order valence-electron chi connectivity index (χ4n) is 3.14. The Balaban J connectivity index is 1.79. The number of nitrogens with two attached hydrogens (primary N) is 1. The van der Waals surface area contributed by atoms with E-state index in [1.54, 1.807) is 6.20 Å². The number of aromatic nitrogens is 3. The van der Waals surface area contributed by atoms with E-state index in [1.807, 2.05) is 29.8 Å². The first kappa shape index (κ1) is 15.5. The van der Waals surface area contributed by atoms with Crippen molar-refractivity contribution in [1.82, 2.24) is 19.7 Å². The van der Waals surface area contributed by atoms with Crippen molar-refractivity contribution < 1.29 is 4.79 Å². The van der Waals surface area contributed by atoms with Gasteiger partial charge in [-0.15, -0.1) is 0 Å². The van der Waals surface area contributed by atoms with Crippen LogP contribution in [0.1, 0.15) is 11.4 Å². The molecular formula is C16H22N6O. The highest BCUT2D eigenvalue weighted by Crippen LogP contribution is 2.27. The summed E-state index contributed by atoms with van der Waals surface area (Å²) in [7, 11) is 0. The zero-order chi connectivity index (χ0) is 16.4. The highest BCUT2D eigenvalue weighted by molar-refractivity contribution is 5.76. The predicted octanol–water partition coefficient (Wildman–Crippen LogP) is 0.491. The van der Waals surface area contributed by atoms with Crippen LogP contribution < -0.4 is 10.6 Å². The summed E-state index contributed by atoms with van der Waals surface area (Å²) in [4.78, 5) is 19.8. The molecule has 0 saturated carbocycles. The van der Waals surface area contributed by atoms with Gasteiger partial charge >= 0.3 is 0 Å². The summed E-state index contributed by atoms with van der Waals surface area (Å²) < 4.78 is 1.89. The number of primary amides is 1. The van der Waals surface area contributed by atoms with Crippen molar-refractivity contribution in [3.63, 3.8) is 0 Å². The molecule has 0 bridgehead atoms. The number of piperazine rings is 1. The van der Waals surface area contributed by atoms with Gasteiger partial charge in [0.2, 0.25) is 5.91 Å². The molecule has 1 aliphatic heterocycles. The standard InChI is InChI=1S/C16H22N6O/c1-12-16(21-9-7-20(8-10-21)11-14(17)23)13(2)22(19-12)15-5-3-4-6-18-15/h3-6H,7-11H2,1-2H3,(H2,17,23). The number of nitrogens with zero attached hydrogens (tertiary/aromatic N) is 5. The molecule has 0 unspecified atom stereocenters. The van der Waals surface area contributed by atoms with Gasteiger partial charge in [0.05, 0.1) is 23.6 Å². The summed E-state index contributed by atoms with van der Waals surface area (Å²) >= 11 is 0. The molecule has 3 rings (SSSR count). The molecule has 7 nitrogen and oxygen atoms in total. The third-order valence-electron chi connectivity index (χ3n) is 4.19. The number of pyridine rings is 1. The minimum Gasteiger partial charge on any atom is -0.369 e. The molecule has 7 heteroatoms. The quantitative estimate of drug-likeness (QED) is 0.888. The summed E-state index contributed by atoms with van der Waals surface area (Å²) in [6, 6.07) is 5.81. The monoisotopic (exact) mass is 314 g/mol. The first-order chi connectivity index (χ1) is 11.1.